The number of hydrogen-bond donors (Lipinski definition) is 0. The van der Waals surface area contributed by atoms with Crippen molar-refractivity contribution < 1.29 is 19.1 Å². The molecular weight excluding hydrogens is 464 g/mol. The van der Waals surface area contributed by atoms with E-state index in [1.165, 1.54) is 19.0 Å². The minimum absolute atomic E-state index is 0.0296. The predicted octanol–water partition coefficient (Wildman–Crippen LogP) is 6.19. The van der Waals surface area contributed by atoms with E-state index in [1.54, 1.807) is 17.0 Å². The number of benzene rings is 1. The summed E-state index contributed by atoms with van der Waals surface area (Å²) >= 11 is 6.05. The Morgan fingerprint density at radius 2 is 1.86 bits per heavy atom. The molecule has 1 aliphatic carbocycles. The van der Waals surface area contributed by atoms with Crippen LogP contribution in [0.5, 0.6) is 5.75 Å². The second-order valence-electron chi connectivity index (χ2n) is 9.54. The second-order valence-corrected chi connectivity index (χ2v) is 9.98. The number of carbonyl (C=O) groups is 2. The van der Waals surface area contributed by atoms with Gasteiger partial charge >= 0.3 is 0 Å². The highest BCUT2D eigenvalue weighted by Crippen LogP contribution is 2.48. The maximum Gasteiger partial charge on any atom is 0.295 e. The van der Waals surface area contributed by atoms with Gasteiger partial charge in [0.2, 0.25) is 0 Å². The van der Waals surface area contributed by atoms with Crippen LogP contribution in [0.1, 0.15) is 69.9 Å². The molecule has 3 unspecified atom stereocenters. The molecule has 1 aromatic heterocycles. The molecule has 0 spiro atoms. The maximum atomic E-state index is 13.7. The monoisotopic (exact) mass is 494 g/mol. The molecule has 7 heteroatoms. The summed E-state index contributed by atoms with van der Waals surface area (Å²) in [6.45, 7) is 2.86. The number of hydrogen-bond acceptors (Lipinski definition) is 5. The average Bonchev–Trinajstić information content (AvgIpc) is 3.17. The van der Waals surface area contributed by atoms with Crippen molar-refractivity contribution in [3.63, 3.8) is 0 Å². The normalized spacial score (nSPS) is 23.7. The lowest BCUT2D eigenvalue weighted by atomic mass is 9.77. The summed E-state index contributed by atoms with van der Waals surface area (Å²) in [5.74, 6) is 0.904. The second kappa shape index (κ2) is 10.4. The van der Waals surface area contributed by atoms with Crippen molar-refractivity contribution in [2.24, 2.45) is 5.92 Å². The van der Waals surface area contributed by atoms with Gasteiger partial charge < -0.3 is 9.47 Å². The summed E-state index contributed by atoms with van der Waals surface area (Å²) in [6, 6.07) is 10.5. The lowest BCUT2D eigenvalue weighted by molar-refractivity contribution is -0.131. The molecular formula is C28H31ClN2O4. The molecule has 6 nitrogen and oxygen atoms in total. The number of carbonyl (C=O) groups excluding carboxylic acids is 2. The van der Waals surface area contributed by atoms with E-state index in [-0.39, 0.29) is 29.5 Å². The van der Waals surface area contributed by atoms with E-state index >= 15 is 0 Å². The molecule has 0 saturated heterocycles. The highest BCUT2D eigenvalue weighted by Gasteiger charge is 2.52. The van der Waals surface area contributed by atoms with Crippen LogP contribution in [0.3, 0.4) is 0 Å². The predicted molar refractivity (Wildman–Crippen MR) is 134 cm³/mol. The number of unbranched alkanes of at least 4 members (excludes halogenated alkanes) is 3. The fourth-order valence-corrected chi connectivity index (χ4v) is 5.48. The highest BCUT2D eigenvalue weighted by molar-refractivity contribution is 6.30. The number of anilines is 1. The third kappa shape index (κ3) is 4.68. The number of nitrogens with zero attached hydrogens (tertiary/aromatic N) is 2. The molecule has 3 atom stereocenters. The summed E-state index contributed by atoms with van der Waals surface area (Å²) < 4.78 is 12.1. The summed E-state index contributed by atoms with van der Waals surface area (Å²) in [7, 11) is 0. The smallest absolute Gasteiger partial charge is 0.295 e. The average molecular weight is 495 g/mol. The lowest BCUT2D eigenvalue weighted by Gasteiger charge is -2.35. The van der Waals surface area contributed by atoms with E-state index in [2.05, 4.69) is 11.9 Å². The van der Waals surface area contributed by atoms with Gasteiger partial charge in [-0.1, -0.05) is 56.3 Å². The van der Waals surface area contributed by atoms with Crippen LogP contribution in [0, 0.1) is 5.92 Å². The van der Waals surface area contributed by atoms with Gasteiger partial charge in [-0.15, -0.1) is 0 Å². The summed E-state index contributed by atoms with van der Waals surface area (Å²) in [5.41, 5.74) is 1.27. The van der Waals surface area contributed by atoms with Crippen molar-refractivity contribution in [3.8, 4) is 5.75 Å². The first kappa shape index (κ1) is 23.9. The Morgan fingerprint density at radius 3 is 2.60 bits per heavy atom. The number of amides is 1. The quantitative estimate of drug-likeness (QED) is 0.409. The van der Waals surface area contributed by atoms with Gasteiger partial charge in [-0.2, -0.15) is 0 Å². The van der Waals surface area contributed by atoms with Crippen LogP contribution in [0.4, 0.5) is 5.82 Å². The van der Waals surface area contributed by atoms with Crippen LogP contribution in [0.15, 0.2) is 53.9 Å². The molecule has 5 rings (SSSR count). The largest absolute Gasteiger partial charge is 0.494 e. The zero-order valence-electron chi connectivity index (χ0n) is 20.0. The van der Waals surface area contributed by atoms with E-state index in [0.717, 1.165) is 49.8 Å². The minimum Gasteiger partial charge on any atom is -0.494 e. The molecule has 1 saturated carbocycles. The van der Waals surface area contributed by atoms with Crippen LogP contribution < -0.4 is 9.64 Å². The van der Waals surface area contributed by atoms with Gasteiger partial charge in [0.1, 0.15) is 17.7 Å². The molecule has 1 amide bonds. The Kier molecular flexibility index (Phi) is 7.09. The number of halogens is 1. The Hall–Kier alpha value is -2.86. The van der Waals surface area contributed by atoms with Gasteiger partial charge in [0.25, 0.3) is 5.91 Å². The van der Waals surface area contributed by atoms with Gasteiger partial charge in [-0.05, 0) is 55.5 Å². The van der Waals surface area contributed by atoms with E-state index < -0.39 is 6.04 Å². The van der Waals surface area contributed by atoms with Crippen LogP contribution in [-0.4, -0.2) is 29.4 Å². The molecule has 3 aliphatic rings. The first-order valence-electron chi connectivity index (χ1n) is 12.7. The summed E-state index contributed by atoms with van der Waals surface area (Å²) in [6.07, 6.45) is 9.48. The molecule has 3 heterocycles. The lowest BCUT2D eigenvalue weighted by Crippen LogP contribution is -2.39. The maximum absolute atomic E-state index is 13.7. The van der Waals surface area contributed by atoms with E-state index in [1.807, 2.05) is 24.3 Å². The van der Waals surface area contributed by atoms with E-state index in [0.29, 0.717) is 23.0 Å². The molecule has 184 valence electrons. The SMILES string of the molecule is CCCCCCOc1ccc(C2C3=C(OC4CCCCC4C3=O)C(=O)N2c2ccc(Cl)cn2)cc1. The molecule has 1 aromatic carbocycles. The Morgan fingerprint density at radius 1 is 1.06 bits per heavy atom. The fourth-order valence-electron chi connectivity index (χ4n) is 5.37. The first-order chi connectivity index (χ1) is 17.1. The van der Waals surface area contributed by atoms with Crippen LogP contribution in [-0.2, 0) is 14.3 Å². The van der Waals surface area contributed by atoms with Gasteiger partial charge in [0.15, 0.2) is 11.5 Å². The van der Waals surface area contributed by atoms with Gasteiger partial charge in [-0.3, -0.25) is 14.5 Å². The first-order valence-corrected chi connectivity index (χ1v) is 13.1. The molecule has 2 aromatic rings. The molecule has 0 N–H and O–H groups in total. The van der Waals surface area contributed by atoms with Crippen LogP contribution >= 0.6 is 11.6 Å². The number of fused-ring (bicyclic) bond motifs is 1. The Balaban J connectivity index is 1.46. The van der Waals surface area contributed by atoms with E-state index in [4.69, 9.17) is 21.1 Å². The number of ether oxygens (including phenoxy) is 2. The van der Waals surface area contributed by atoms with Crippen molar-refractivity contribution >= 4 is 29.1 Å². The number of aromatic nitrogens is 1. The number of rotatable bonds is 8. The standard InChI is InChI=1S/C28H31ClN2O4/c1-2-3-4-7-16-34-20-13-10-18(11-14-20)25-24-26(32)21-8-5-6-9-22(21)35-27(24)28(33)31(25)23-15-12-19(29)17-30-23/h10-15,17,21-22,25H,2-9,16H2,1H3. The molecule has 0 bridgehead atoms. The van der Waals surface area contributed by atoms with Crippen molar-refractivity contribution in [1.82, 2.24) is 4.98 Å². The Bertz CT molecular complexity index is 1110. The Labute approximate surface area is 211 Å². The molecule has 0 radical (unpaired) electrons. The third-order valence-electron chi connectivity index (χ3n) is 7.18. The number of ketones is 1. The topological polar surface area (TPSA) is 68.7 Å². The van der Waals surface area contributed by atoms with Gasteiger partial charge in [0, 0.05) is 6.20 Å². The number of Topliss-reactive ketones (excluding diaryl/α,β-unsaturated/α-hetero) is 1. The van der Waals surface area contributed by atoms with Gasteiger partial charge in [0.05, 0.1) is 29.2 Å². The minimum atomic E-state index is -0.597. The van der Waals surface area contributed by atoms with Gasteiger partial charge in [-0.25, -0.2) is 4.98 Å². The van der Waals surface area contributed by atoms with Crippen molar-refractivity contribution in [1.29, 1.82) is 0 Å². The zero-order valence-corrected chi connectivity index (χ0v) is 20.8. The number of pyridine rings is 1. The molecule has 2 aliphatic heterocycles. The van der Waals surface area contributed by atoms with Crippen LogP contribution in [0.2, 0.25) is 5.02 Å². The summed E-state index contributed by atoms with van der Waals surface area (Å²) in [4.78, 5) is 33.3. The van der Waals surface area contributed by atoms with Crippen molar-refractivity contribution in [2.75, 3.05) is 11.5 Å². The van der Waals surface area contributed by atoms with Crippen molar-refractivity contribution in [3.05, 3.63) is 64.5 Å². The highest BCUT2D eigenvalue weighted by atomic mass is 35.5. The zero-order chi connectivity index (χ0) is 24.4. The van der Waals surface area contributed by atoms with Crippen LogP contribution in [0.25, 0.3) is 0 Å². The molecule has 1 fully saturated rings. The van der Waals surface area contributed by atoms with E-state index in [9.17, 15) is 9.59 Å². The fraction of sp³-hybridized carbons (Fsp3) is 0.464. The molecule has 35 heavy (non-hydrogen) atoms. The van der Waals surface area contributed by atoms with Crippen molar-refractivity contribution in [2.45, 2.75) is 70.4 Å². The summed E-state index contributed by atoms with van der Waals surface area (Å²) in [5, 5.41) is 0.480. The third-order valence-corrected chi connectivity index (χ3v) is 7.41.